The highest BCUT2D eigenvalue weighted by Crippen LogP contribution is 2.39. The van der Waals surface area contributed by atoms with Gasteiger partial charge in [0.15, 0.2) is 5.82 Å². The summed E-state index contributed by atoms with van der Waals surface area (Å²) in [5, 5.41) is 23.3. The summed E-state index contributed by atoms with van der Waals surface area (Å²) in [4.78, 5) is 22.7. The van der Waals surface area contributed by atoms with Crippen LogP contribution in [-0.4, -0.2) is 85.8 Å². The molecule has 2 aliphatic rings. The number of alkyl halides is 6. The SMILES string of the molecule is Cc1cccc(CN2CCC3(CC2)CN(C)Cc2nnc(-c4ccc(F)cc4)n23)c1.O=C(O)C(F)(F)F.O=C(O)C(F)(F)F. The Morgan fingerprint density at radius 2 is 1.45 bits per heavy atom. The molecule has 0 unspecified atom stereocenters. The summed E-state index contributed by atoms with van der Waals surface area (Å²) in [7, 11) is 2.16. The molecule has 1 saturated heterocycles. The molecule has 0 aliphatic carbocycles. The van der Waals surface area contributed by atoms with Crippen molar-refractivity contribution in [2.24, 2.45) is 0 Å². The number of aliphatic carboxylic acids is 2. The number of rotatable bonds is 3. The molecule has 2 N–H and O–H groups in total. The molecule has 3 heterocycles. The summed E-state index contributed by atoms with van der Waals surface area (Å²) in [6.07, 6.45) is -8.05. The van der Waals surface area contributed by atoms with Gasteiger partial charge in [-0.05, 0) is 56.6 Å². The van der Waals surface area contributed by atoms with E-state index < -0.39 is 24.3 Å². The zero-order valence-electron chi connectivity index (χ0n) is 23.7. The molecular weight excluding hydrogens is 603 g/mol. The summed E-state index contributed by atoms with van der Waals surface area (Å²) in [6.45, 7) is 7.02. The number of hydrogen-bond donors (Lipinski definition) is 2. The quantitative estimate of drug-likeness (QED) is 0.384. The molecule has 0 saturated carbocycles. The molecule has 0 radical (unpaired) electrons. The van der Waals surface area contributed by atoms with Crippen LogP contribution in [0, 0.1) is 12.7 Å². The number of piperidine rings is 1. The molecule has 2 aromatic carbocycles. The van der Waals surface area contributed by atoms with E-state index in [4.69, 9.17) is 19.8 Å². The Morgan fingerprint density at radius 3 is 1.95 bits per heavy atom. The first-order chi connectivity index (χ1) is 20.4. The smallest absolute Gasteiger partial charge is 0.475 e. The van der Waals surface area contributed by atoms with Crippen LogP contribution in [0.5, 0.6) is 0 Å². The number of hydrogen-bond acceptors (Lipinski definition) is 6. The summed E-state index contributed by atoms with van der Waals surface area (Å²) in [5.41, 5.74) is 3.61. The normalized spacial score (nSPS) is 16.7. The molecular formula is C28H30F7N5O4. The Balaban J connectivity index is 0.000000317. The third kappa shape index (κ3) is 8.98. The number of aromatic nitrogens is 3. The minimum absolute atomic E-state index is 0.0152. The molecule has 1 fully saturated rings. The maximum Gasteiger partial charge on any atom is 0.490 e. The van der Waals surface area contributed by atoms with Crippen LogP contribution in [0.15, 0.2) is 48.5 Å². The largest absolute Gasteiger partial charge is 0.490 e. The van der Waals surface area contributed by atoms with Gasteiger partial charge in [-0.15, -0.1) is 10.2 Å². The van der Waals surface area contributed by atoms with Crippen LogP contribution in [0.2, 0.25) is 0 Å². The van der Waals surface area contributed by atoms with Gasteiger partial charge in [-0.25, -0.2) is 14.0 Å². The van der Waals surface area contributed by atoms with E-state index in [9.17, 15) is 30.7 Å². The van der Waals surface area contributed by atoms with Gasteiger partial charge in [-0.1, -0.05) is 29.8 Å². The lowest BCUT2D eigenvalue weighted by molar-refractivity contribution is -0.193. The number of fused-ring (bicyclic) bond motifs is 2. The lowest BCUT2D eigenvalue weighted by atomic mass is 9.84. The van der Waals surface area contributed by atoms with Crippen molar-refractivity contribution in [2.45, 2.75) is 50.7 Å². The average molecular weight is 634 g/mol. The van der Waals surface area contributed by atoms with Crippen LogP contribution in [0.4, 0.5) is 30.7 Å². The van der Waals surface area contributed by atoms with E-state index in [0.717, 1.165) is 62.8 Å². The van der Waals surface area contributed by atoms with E-state index in [0.29, 0.717) is 0 Å². The van der Waals surface area contributed by atoms with Crippen molar-refractivity contribution in [3.63, 3.8) is 0 Å². The van der Waals surface area contributed by atoms with E-state index in [1.165, 1.54) is 23.3 Å². The van der Waals surface area contributed by atoms with Gasteiger partial charge >= 0.3 is 24.3 Å². The maximum atomic E-state index is 13.5. The molecule has 240 valence electrons. The van der Waals surface area contributed by atoms with Gasteiger partial charge in [0.05, 0.1) is 12.1 Å². The van der Waals surface area contributed by atoms with Crippen LogP contribution in [-0.2, 0) is 28.2 Å². The third-order valence-corrected chi connectivity index (χ3v) is 7.04. The van der Waals surface area contributed by atoms with Crippen molar-refractivity contribution in [1.82, 2.24) is 24.6 Å². The van der Waals surface area contributed by atoms with Gasteiger partial charge in [0.1, 0.15) is 11.6 Å². The van der Waals surface area contributed by atoms with E-state index in [1.54, 1.807) is 0 Å². The van der Waals surface area contributed by atoms with Crippen molar-refractivity contribution in [2.75, 3.05) is 26.7 Å². The fourth-order valence-electron chi connectivity index (χ4n) is 5.15. The molecule has 9 nitrogen and oxygen atoms in total. The monoisotopic (exact) mass is 633 g/mol. The Morgan fingerprint density at radius 1 is 0.909 bits per heavy atom. The van der Waals surface area contributed by atoms with Crippen LogP contribution in [0.1, 0.15) is 29.8 Å². The molecule has 0 bridgehead atoms. The molecule has 44 heavy (non-hydrogen) atoms. The molecule has 1 spiro atoms. The molecule has 2 aliphatic heterocycles. The molecule has 16 heteroatoms. The highest BCUT2D eigenvalue weighted by Gasteiger charge is 2.43. The zero-order chi connectivity index (χ0) is 32.9. The molecule has 1 aromatic heterocycles. The third-order valence-electron chi connectivity index (χ3n) is 7.04. The second kappa shape index (κ2) is 13.7. The number of aryl methyl sites for hydroxylation is 1. The number of carboxylic acids is 2. The van der Waals surface area contributed by atoms with Crippen LogP contribution < -0.4 is 0 Å². The van der Waals surface area contributed by atoms with E-state index in [-0.39, 0.29) is 11.4 Å². The Bertz CT molecular complexity index is 1410. The van der Waals surface area contributed by atoms with Gasteiger partial charge in [0.2, 0.25) is 0 Å². The fourth-order valence-corrected chi connectivity index (χ4v) is 5.15. The van der Waals surface area contributed by atoms with Crippen molar-refractivity contribution < 1.29 is 50.5 Å². The predicted octanol–water partition coefficient (Wildman–Crippen LogP) is 5.10. The minimum atomic E-state index is -5.08. The standard InChI is InChI=1S/C24H28FN5.2C2HF3O2/c1-18-4-3-5-19(14-18)15-29-12-10-24(11-13-29)17-28(2)16-22-26-27-23(30(22)24)20-6-8-21(25)9-7-20;2*3-2(4,5)1(6)7/h3-9,14H,10-13,15-17H2,1-2H3;2*(H,6,7). The fraction of sp³-hybridized carbons (Fsp3) is 0.429. The number of halogens is 7. The van der Waals surface area contributed by atoms with Crippen molar-refractivity contribution in [3.8, 4) is 11.4 Å². The Labute approximate surface area is 247 Å². The molecule has 3 aromatic rings. The zero-order valence-corrected chi connectivity index (χ0v) is 23.7. The van der Waals surface area contributed by atoms with E-state index in [2.05, 4.69) is 62.8 Å². The van der Waals surface area contributed by atoms with Gasteiger partial charge in [0, 0.05) is 31.7 Å². The number of likely N-dealkylation sites (tertiary alicyclic amines) is 1. The van der Waals surface area contributed by atoms with Gasteiger partial charge in [-0.3, -0.25) is 9.80 Å². The van der Waals surface area contributed by atoms with Crippen molar-refractivity contribution in [1.29, 1.82) is 0 Å². The first kappa shape index (κ1) is 34.4. The summed E-state index contributed by atoms with van der Waals surface area (Å²) >= 11 is 0. The van der Waals surface area contributed by atoms with Gasteiger partial charge in [0.25, 0.3) is 0 Å². The predicted molar refractivity (Wildman–Crippen MR) is 143 cm³/mol. The van der Waals surface area contributed by atoms with Crippen molar-refractivity contribution in [3.05, 3.63) is 71.3 Å². The maximum absolute atomic E-state index is 13.5. The van der Waals surface area contributed by atoms with Crippen molar-refractivity contribution >= 4 is 11.9 Å². The van der Waals surface area contributed by atoms with Crippen LogP contribution in [0.3, 0.4) is 0 Å². The second-order valence-corrected chi connectivity index (χ2v) is 10.5. The van der Waals surface area contributed by atoms with Gasteiger partial charge < -0.3 is 14.8 Å². The number of carboxylic acid groups (broad SMARTS) is 2. The topological polar surface area (TPSA) is 112 Å². The number of nitrogens with zero attached hydrogens (tertiary/aromatic N) is 5. The summed E-state index contributed by atoms with van der Waals surface area (Å²) < 4.78 is 79.3. The lowest BCUT2D eigenvalue weighted by Gasteiger charge is -2.48. The van der Waals surface area contributed by atoms with E-state index >= 15 is 0 Å². The average Bonchev–Trinajstić information content (AvgIpc) is 3.35. The summed E-state index contributed by atoms with van der Waals surface area (Å²) in [5.74, 6) is -3.86. The molecule has 5 rings (SSSR count). The van der Waals surface area contributed by atoms with Gasteiger partial charge in [-0.2, -0.15) is 26.3 Å². The summed E-state index contributed by atoms with van der Waals surface area (Å²) in [6, 6.07) is 15.4. The lowest BCUT2D eigenvalue weighted by Crippen LogP contribution is -2.55. The second-order valence-electron chi connectivity index (χ2n) is 10.5. The van der Waals surface area contributed by atoms with E-state index in [1.807, 2.05) is 12.1 Å². The highest BCUT2D eigenvalue weighted by molar-refractivity contribution is 5.73. The van der Waals surface area contributed by atoms with Crippen LogP contribution in [0.25, 0.3) is 11.4 Å². The minimum Gasteiger partial charge on any atom is -0.475 e. The first-order valence-electron chi connectivity index (χ1n) is 13.2. The van der Waals surface area contributed by atoms with Crippen LogP contribution >= 0.6 is 0 Å². The first-order valence-corrected chi connectivity index (χ1v) is 13.2. The molecule has 0 amide bonds. The highest BCUT2D eigenvalue weighted by atomic mass is 19.4. The Kier molecular flexibility index (Phi) is 10.7. The number of benzene rings is 2. The Hall–Kier alpha value is -4.05. The number of likely N-dealkylation sites (N-methyl/N-ethyl adjacent to an activating group) is 1. The molecule has 0 atom stereocenters. The number of carbonyl (C=O) groups is 2.